The summed E-state index contributed by atoms with van der Waals surface area (Å²) < 4.78 is 0. The highest BCUT2D eigenvalue weighted by atomic mass is 14.8. The van der Waals surface area contributed by atoms with E-state index in [1.54, 1.807) is 6.20 Å². The molecule has 0 radical (unpaired) electrons. The minimum Gasteiger partial charge on any atom is -0.398 e. The van der Waals surface area contributed by atoms with Gasteiger partial charge in [0, 0.05) is 29.5 Å². The summed E-state index contributed by atoms with van der Waals surface area (Å²) >= 11 is 0. The van der Waals surface area contributed by atoms with Crippen molar-refractivity contribution < 1.29 is 0 Å². The van der Waals surface area contributed by atoms with E-state index in [1.807, 2.05) is 18.3 Å². The Bertz CT molecular complexity index is 561. The number of nitrogens with two attached hydrogens (primary N) is 2. The van der Waals surface area contributed by atoms with Crippen LogP contribution < -0.4 is 11.5 Å². The number of nitrogens with zero attached hydrogens (tertiary/aromatic N) is 1. The van der Waals surface area contributed by atoms with Crippen molar-refractivity contribution in [1.82, 2.24) is 4.98 Å². The second-order valence-electron chi connectivity index (χ2n) is 5.41. The van der Waals surface area contributed by atoms with Crippen LogP contribution in [-0.4, -0.2) is 11.0 Å². The Labute approximate surface area is 113 Å². The number of benzene rings is 1. The monoisotopic (exact) mass is 253 g/mol. The SMILES string of the molecule is Nc1ccncc1CC(N)C1(c2ccccc2)CC1. The molecule has 1 aliphatic rings. The van der Waals surface area contributed by atoms with Crippen LogP contribution in [0.25, 0.3) is 0 Å². The van der Waals surface area contributed by atoms with Crippen molar-refractivity contribution in [2.75, 3.05) is 5.73 Å². The Morgan fingerprint density at radius 1 is 1.16 bits per heavy atom. The first-order valence-electron chi connectivity index (χ1n) is 6.72. The molecule has 1 atom stereocenters. The molecule has 3 rings (SSSR count). The number of anilines is 1. The van der Waals surface area contributed by atoms with Crippen LogP contribution in [0, 0.1) is 0 Å². The van der Waals surface area contributed by atoms with Gasteiger partial charge >= 0.3 is 0 Å². The third kappa shape index (κ3) is 2.22. The van der Waals surface area contributed by atoms with E-state index < -0.39 is 0 Å². The summed E-state index contributed by atoms with van der Waals surface area (Å²) in [6, 6.07) is 12.5. The Hall–Kier alpha value is -1.87. The van der Waals surface area contributed by atoms with Crippen molar-refractivity contribution >= 4 is 5.69 Å². The topological polar surface area (TPSA) is 64.9 Å². The molecule has 4 N–H and O–H groups in total. The molecular formula is C16H19N3. The number of hydrogen-bond donors (Lipinski definition) is 2. The van der Waals surface area contributed by atoms with Crippen LogP contribution in [0.4, 0.5) is 5.69 Å². The molecule has 1 saturated carbocycles. The van der Waals surface area contributed by atoms with E-state index >= 15 is 0 Å². The maximum absolute atomic E-state index is 6.46. The van der Waals surface area contributed by atoms with E-state index in [0.29, 0.717) is 0 Å². The normalized spacial score (nSPS) is 17.9. The highest BCUT2D eigenvalue weighted by Crippen LogP contribution is 2.51. The molecule has 98 valence electrons. The summed E-state index contributed by atoms with van der Waals surface area (Å²) in [4.78, 5) is 4.14. The first-order chi connectivity index (χ1) is 9.22. The van der Waals surface area contributed by atoms with Gasteiger partial charge in [0.25, 0.3) is 0 Å². The van der Waals surface area contributed by atoms with Crippen LogP contribution in [0.1, 0.15) is 24.0 Å². The van der Waals surface area contributed by atoms with Crippen molar-refractivity contribution in [2.45, 2.75) is 30.7 Å². The highest BCUT2D eigenvalue weighted by Gasteiger charge is 2.48. The van der Waals surface area contributed by atoms with Crippen molar-refractivity contribution in [1.29, 1.82) is 0 Å². The molecule has 1 unspecified atom stereocenters. The lowest BCUT2D eigenvalue weighted by Crippen LogP contribution is -2.37. The number of rotatable bonds is 4. The Balaban J connectivity index is 1.82. The predicted octanol–water partition coefficient (Wildman–Crippen LogP) is 2.27. The van der Waals surface area contributed by atoms with Crippen LogP contribution in [0.2, 0.25) is 0 Å². The largest absolute Gasteiger partial charge is 0.398 e. The average molecular weight is 253 g/mol. The van der Waals surface area contributed by atoms with Crippen molar-refractivity contribution in [2.24, 2.45) is 5.73 Å². The molecule has 2 aromatic rings. The van der Waals surface area contributed by atoms with Gasteiger partial charge in [-0.2, -0.15) is 0 Å². The van der Waals surface area contributed by atoms with E-state index in [-0.39, 0.29) is 11.5 Å². The van der Waals surface area contributed by atoms with Crippen LogP contribution in [-0.2, 0) is 11.8 Å². The zero-order valence-corrected chi connectivity index (χ0v) is 10.9. The van der Waals surface area contributed by atoms with E-state index in [9.17, 15) is 0 Å². The van der Waals surface area contributed by atoms with E-state index in [4.69, 9.17) is 11.5 Å². The molecule has 0 spiro atoms. The summed E-state index contributed by atoms with van der Waals surface area (Å²) in [6.07, 6.45) is 6.66. The second-order valence-corrected chi connectivity index (χ2v) is 5.41. The van der Waals surface area contributed by atoms with Gasteiger partial charge in [-0.15, -0.1) is 0 Å². The summed E-state index contributed by atoms with van der Waals surface area (Å²) in [5.74, 6) is 0. The molecule has 0 aliphatic heterocycles. The van der Waals surface area contributed by atoms with Crippen LogP contribution >= 0.6 is 0 Å². The van der Waals surface area contributed by atoms with E-state index in [0.717, 1.165) is 17.7 Å². The fourth-order valence-electron chi connectivity index (χ4n) is 2.82. The molecule has 1 heterocycles. The number of nitrogen functional groups attached to an aromatic ring is 1. The quantitative estimate of drug-likeness (QED) is 0.878. The molecule has 1 aromatic heterocycles. The van der Waals surface area contributed by atoms with E-state index in [1.165, 1.54) is 18.4 Å². The van der Waals surface area contributed by atoms with Crippen LogP contribution in [0.15, 0.2) is 48.8 Å². The number of hydrogen-bond acceptors (Lipinski definition) is 3. The molecule has 1 aromatic carbocycles. The van der Waals surface area contributed by atoms with Gasteiger partial charge in [0.2, 0.25) is 0 Å². The van der Waals surface area contributed by atoms with Crippen molar-refractivity contribution in [3.05, 3.63) is 59.9 Å². The molecule has 0 saturated heterocycles. The molecular weight excluding hydrogens is 234 g/mol. The van der Waals surface area contributed by atoms with Gasteiger partial charge in [0.05, 0.1) is 0 Å². The van der Waals surface area contributed by atoms with Gasteiger partial charge in [-0.1, -0.05) is 30.3 Å². The minimum atomic E-state index is 0.0985. The molecule has 19 heavy (non-hydrogen) atoms. The molecule has 1 fully saturated rings. The van der Waals surface area contributed by atoms with Gasteiger partial charge in [-0.05, 0) is 36.5 Å². The predicted molar refractivity (Wildman–Crippen MR) is 77.7 cm³/mol. The maximum Gasteiger partial charge on any atom is 0.0378 e. The fraction of sp³-hybridized carbons (Fsp3) is 0.312. The first-order valence-corrected chi connectivity index (χ1v) is 6.72. The molecule has 1 aliphatic carbocycles. The summed E-state index contributed by atoms with van der Waals surface area (Å²) in [6.45, 7) is 0. The summed E-state index contributed by atoms with van der Waals surface area (Å²) in [5.41, 5.74) is 15.8. The smallest absolute Gasteiger partial charge is 0.0378 e. The third-order valence-electron chi connectivity index (χ3n) is 4.23. The van der Waals surface area contributed by atoms with Gasteiger partial charge in [-0.25, -0.2) is 0 Å². The van der Waals surface area contributed by atoms with Crippen LogP contribution in [0.3, 0.4) is 0 Å². The van der Waals surface area contributed by atoms with Crippen molar-refractivity contribution in [3.8, 4) is 0 Å². The molecule has 0 bridgehead atoms. The lowest BCUT2D eigenvalue weighted by molar-refractivity contribution is 0.514. The lowest BCUT2D eigenvalue weighted by atomic mass is 9.85. The summed E-state index contributed by atoms with van der Waals surface area (Å²) in [5, 5.41) is 0. The zero-order valence-electron chi connectivity index (χ0n) is 10.9. The fourth-order valence-corrected chi connectivity index (χ4v) is 2.82. The summed E-state index contributed by atoms with van der Waals surface area (Å²) in [7, 11) is 0. The Kier molecular flexibility index (Phi) is 2.99. The van der Waals surface area contributed by atoms with Gasteiger partial charge in [0.1, 0.15) is 0 Å². The first kappa shape index (κ1) is 12.2. The Morgan fingerprint density at radius 2 is 1.89 bits per heavy atom. The molecule has 3 nitrogen and oxygen atoms in total. The van der Waals surface area contributed by atoms with Crippen molar-refractivity contribution in [3.63, 3.8) is 0 Å². The second kappa shape index (κ2) is 4.67. The zero-order chi connectivity index (χ0) is 13.3. The average Bonchev–Trinajstić information content (AvgIpc) is 3.24. The van der Waals surface area contributed by atoms with Gasteiger partial charge in [0.15, 0.2) is 0 Å². The highest BCUT2D eigenvalue weighted by molar-refractivity contribution is 5.46. The van der Waals surface area contributed by atoms with Gasteiger partial charge in [-0.3, -0.25) is 4.98 Å². The number of pyridine rings is 1. The maximum atomic E-state index is 6.46. The van der Waals surface area contributed by atoms with E-state index in [2.05, 4.69) is 29.2 Å². The van der Waals surface area contributed by atoms with Gasteiger partial charge < -0.3 is 11.5 Å². The number of aromatic nitrogens is 1. The lowest BCUT2D eigenvalue weighted by Gasteiger charge is -2.24. The standard InChI is InChI=1S/C16H19N3/c17-14-6-9-19-11-12(14)10-15(18)16(7-8-16)13-4-2-1-3-5-13/h1-6,9,11,15H,7-8,10,18H2,(H2,17,19). The molecule has 0 amide bonds. The molecule has 3 heteroatoms. The minimum absolute atomic E-state index is 0.0985. The third-order valence-corrected chi connectivity index (χ3v) is 4.23. The van der Waals surface area contributed by atoms with Crippen LogP contribution in [0.5, 0.6) is 0 Å². The Morgan fingerprint density at radius 3 is 2.53 bits per heavy atom.